The van der Waals surface area contributed by atoms with Gasteiger partial charge in [-0.3, -0.25) is 4.90 Å². The van der Waals surface area contributed by atoms with Crippen molar-refractivity contribution < 1.29 is 0 Å². The van der Waals surface area contributed by atoms with Crippen LogP contribution in [0.4, 0.5) is 5.69 Å². The van der Waals surface area contributed by atoms with Crippen LogP contribution in [0.25, 0.3) is 0 Å². The van der Waals surface area contributed by atoms with Crippen LogP contribution in [0, 0.1) is 11.3 Å². The summed E-state index contributed by atoms with van der Waals surface area (Å²) in [5.74, 6) is 0. The van der Waals surface area contributed by atoms with E-state index in [-0.39, 0.29) is 0 Å². The molecular weight excluding hydrogens is 210 g/mol. The number of hydrogen-bond acceptors (Lipinski definition) is 3. The molecule has 1 aromatic rings. The number of anilines is 1. The van der Waals surface area contributed by atoms with Crippen molar-refractivity contribution in [2.75, 3.05) is 25.0 Å². The summed E-state index contributed by atoms with van der Waals surface area (Å²) in [6, 6.07) is 13.6. The van der Waals surface area contributed by atoms with Crippen LogP contribution in [-0.4, -0.2) is 37.1 Å². The van der Waals surface area contributed by atoms with Crippen molar-refractivity contribution in [1.82, 2.24) is 4.90 Å². The minimum atomic E-state index is 0.337. The molecule has 1 aromatic carbocycles. The molecule has 2 rings (SSSR count). The van der Waals surface area contributed by atoms with Crippen molar-refractivity contribution in [3.05, 3.63) is 30.3 Å². The van der Waals surface area contributed by atoms with E-state index < -0.39 is 0 Å². The van der Waals surface area contributed by atoms with Crippen LogP contribution in [0.1, 0.15) is 13.3 Å². The zero-order chi connectivity index (χ0) is 12.3. The summed E-state index contributed by atoms with van der Waals surface area (Å²) in [6.07, 6.45) is 0.601. The van der Waals surface area contributed by atoms with E-state index in [4.69, 9.17) is 5.26 Å². The molecule has 1 aliphatic rings. The molecule has 0 spiro atoms. The number of nitrogens with zero attached hydrogens (tertiary/aromatic N) is 3. The third-order valence-electron chi connectivity index (χ3n) is 3.64. The molecular formula is C14H19N3. The number of hydrogen-bond donors (Lipinski definition) is 0. The lowest BCUT2D eigenvalue weighted by molar-refractivity contribution is 0.160. The average Bonchev–Trinajstić information content (AvgIpc) is 2.36. The molecule has 0 bridgehead atoms. The normalized spacial score (nSPS) is 25.6. The van der Waals surface area contributed by atoms with Crippen molar-refractivity contribution in [2.45, 2.75) is 25.4 Å². The van der Waals surface area contributed by atoms with Gasteiger partial charge < -0.3 is 4.90 Å². The molecule has 1 saturated heterocycles. The molecule has 0 N–H and O–H groups in total. The summed E-state index contributed by atoms with van der Waals surface area (Å²) in [6.45, 7) is 4.19. The van der Waals surface area contributed by atoms with Gasteiger partial charge in [-0.25, -0.2) is 0 Å². The predicted octanol–water partition coefficient (Wildman–Crippen LogP) is 2.11. The minimum absolute atomic E-state index is 0.337. The van der Waals surface area contributed by atoms with E-state index in [1.165, 1.54) is 5.69 Å². The second-order valence-corrected chi connectivity index (χ2v) is 4.77. The fourth-order valence-electron chi connectivity index (χ4n) is 2.43. The summed E-state index contributed by atoms with van der Waals surface area (Å²) in [7, 11) is 2.12. The van der Waals surface area contributed by atoms with Gasteiger partial charge in [0.05, 0.1) is 12.5 Å². The zero-order valence-corrected chi connectivity index (χ0v) is 10.5. The first-order valence-electron chi connectivity index (χ1n) is 6.11. The Morgan fingerprint density at radius 1 is 1.29 bits per heavy atom. The smallest absolute Gasteiger partial charge is 0.0638 e. The average molecular weight is 229 g/mol. The highest BCUT2D eigenvalue weighted by Crippen LogP contribution is 2.22. The zero-order valence-electron chi connectivity index (χ0n) is 10.5. The Bertz CT molecular complexity index is 396. The Morgan fingerprint density at radius 3 is 2.65 bits per heavy atom. The highest BCUT2D eigenvalue weighted by Gasteiger charge is 2.29. The molecule has 3 heteroatoms. The van der Waals surface area contributed by atoms with Gasteiger partial charge in [0, 0.05) is 30.9 Å². The SMILES string of the molecule is CC1CN(c2ccccc2)CC(CC#N)N1C. The molecule has 0 aromatic heterocycles. The van der Waals surface area contributed by atoms with Gasteiger partial charge >= 0.3 is 0 Å². The minimum Gasteiger partial charge on any atom is -0.368 e. The van der Waals surface area contributed by atoms with Crippen LogP contribution in [0.15, 0.2) is 30.3 Å². The maximum Gasteiger partial charge on any atom is 0.0638 e. The second-order valence-electron chi connectivity index (χ2n) is 4.77. The molecule has 1 heterocycles. The maximum atomic E-state index is 8.88. The maximum absolute atomic E-state index is 8.88. The molecule has 17 heavy (non-hydrogen) atoms. The van der Waals surface area contributed by atoms with Crippen LogP contribution < -0.4 is 4.90 Å². The number of nitriles is 1. The summed E-state index contributed by atoms with van der Waals surface area (Å²) in [5, 5.41) is 8.88. The van der Waals surface area contributed by atoms with Gasteiger partial charge in [-0.05, 0) is 26.1 Å². The number of para-hydroxylation sites is 1. The van der Waals surface area contributed by atoms with E-state index in [2.05, 4.69) is 54.1 Å². The molecule has 0 saturated carbocycles. The van der Waals surface area contributed by atoms with Crippen LogP contribution >= 0.6 is 0 Å². The third kappa shape index (κ3) is 2.59. The number of benzene rings is 1. The fraction of sp³-hybridized carbons (Fsp3) is 0.500. The Labute approximate surface area is 103 Å². The molecule has 1 aliphatic heterocycles. The van der Waals surface area contributed by atoms with Gasteiger partial charge in [0.25, 0.3) is 0 Å². The lowest BCUT2D eigenvalue weighted by Gasteiger charge is -2.44. The first-order valence-corrected chi connectivity index (χ1v) is 6.11. The van der Waals surface area contributed by atoms with Crippen molar-refractivity contribution in [3.63, 3.8) is 0 Å². The molecule has 3 nitrogen and oxygen atoms in total. The lowest BCUT2D eigenvalue weighted by Crippen LogP contribution is -2.56. The standard InChI is InChI=1S/C14H19N3/c1-12-10-17(13-6-4-3-5-7-13)11-14(8-9-15)16(12)2/h3-7,12,14H,8,10-11H2,1-2H3. The van der Waals surface area contributed by atoms with Crippen molar-refractivity contribution in [1.29, 1.82) is 5.26 Å². The van der Waals surface area contributed by atoms with E-state index in [0.29, 0.717) is 18.5 Å². The van der Waals surface area contributed by atoms with Crippen molar-refractivity contribution >= 4 is 5.69 Å². The van der Waals surface area contributed by atoms with Gasteiger partial charge in [-0.15, -0.1) is 0 Å². The van der Waals surface area contributed by atoms with Crippen LogP contribution in [-0.2, 0) is 0 Å². The summed E-state index contributed by atoms with van der Waals surface area (Å²) in [4.78, 5) is 4.70. The molecule has 0 amide bonds. The summed E-state index contributed by atoms with van der Waals surface area (Å²) < 4.78 is 0. The fourth-order valence-corrected chi connectivity index (χ4v) is 2.43. The molecule has 2 unspecified atom stereocenters. The van der Waals surface area contributed by atoms with E-state index in [1.54, 1.807) is 0 Å². The van der Waals surface area contributed by atoms with E-state index in [1.807, 2.05) is 6.07 Å². The number of piperazine rings is 1. The van der Waals surface area contributed by atoms with Crippen molar-refractivity contribution in [2.24, 2.45) is 0 Å². The van der Waals surface area contributed by atoms with Crippen LogP contribution in [0.3, 0.4) is 0 Å². The monoisotopic (exact) mass is 229 g/mol. The third-order valence-corrected chi connectivity index (χ3v) is 3.64. The van der Waals surface area contributed by atoms with Crippen LogP contribution in [0.5, 0.6) is 0 Å². The van der Waals surface area contributed by atoms with E-state index in [9.17, 15) is 0 Å². The Morgan fingerprint density at radius 2 is 2.00 bits per heavy atom. The lowest BCUT2D eigenvalue weighted by atomic mass is 10.0. The molecule has 90 valence electrons. The van der Waals surface area contributed by atoms with E-state index >= 15 is 0 Å². The van der Waals surface area contributed by atoms with Gasteiger partial charge in [0.1, 0.15) is 0 Å². The second kappa shape index (κ2) is 5.20. The molecule has 0 aliphatic carbocycles. The highest BCUT2D eigenvalue weighted by molar-refractivity contribution is 5.47. The van der Waals surface area contributed by atoms with Crippen LogP contribution in [0.2, 0.25) is 0 Å². The summed E-state index contributed by atoms with van der Waals surface area (Å²) in [5.41, 5.74) is 1.26. The van der Waals surface area contributed by atoms with Gasteiger partial charge in [0.2, 0.25) is 0 Å². The van der Waals surface area contributed by atoms with Gasteiger partial charge in [-0.1, -0.05) is 18.2 Å². The topological polar surface area (TPSA) is 30.3 Å². The Balaban J connectivity index is 2.13. The highest BCUT2D eigenvalue weighted by atomic mass is 15.3. The Hall–Kier alpha value is -1.53. The predicted molar refractivity (Wildman–Crippen MR) is 69.9 cm³/mol. The van der Waals surface area contributed by atoms with Crippen molar-refractivity contribution in [3.8, 4) is 6.07 Å². The summed E-state index contributed by atoms with van der Waals surface area (Å²) >= 11 is 0. The van der Waals surface area contributed by atoms with Gasteiger partial charge in [-0.2, -0.15) is 5.26 Å². The van der Waals surface area contributed by atoms with E-state index in [0.717, 1.165) is 13.1 Å². The van der Waals surface area contributed by atoms with Gasteiger partial charge in [0.15, 0.2) is 0 Å². The Kier molecular flexibility index (Phi) is 3.65. The number of likely N-dealkylation sites (N-methyl/N-ethyl adjacent to an activating group) is 1. The molecule has 2 atom stereocenters. The first kappa shape index (κ1) is 11.9. The molecule has 0 radical (unpaired) electrons. The first-order chi connectivity index (χ1) is 8.22. The molecule has 1 fully saturated rings. The number of rotatable bonds is 2. The quantitative estimate of drug-likeness (QED) is 0.778. The largest absolute Gasteiger partial charge is 0.368 e.